The molecule has 28 heavy (non-hydrogen) atoms. The van der Waals surface area contributed by atoms with Crippen LogP contribution in [0, 0.1) is 6.92 Å². The average Bonchev–Trinajstić information content (AvgIpc) is 3.20. The second-order valence-corrected chi connectivity index (χ2v) is 8.94. The lowest BCUT2D eigenvalue weighted by Gasteiger charge is -2.12. The van der Waals surface area contributed by atoms with E-state index in [1.54, 1.807) is 17.8 Å². The minimum Gasteiger partial charge on any atom is -0.469 e. The number of nitrogens with two attached hydrogens (primary N) is 1. The van der Waals surface area contributed by atoms with Gasteiger partial charge in [-0.15, -0.1) is 10.2 Å². The molecule has 9 nitrogen and oxygen atoms in total. The van der Waals surface area contributed by atoms with Crippen LogP contribution in [0.15, 0.2) is 51.1 Å². The van der Waals surface area contributed by atoms with E-state index < -0.39 is 15.3 Å². The van der Waals surface area contributed by atoms with Crippen LogP contribution in [0.25, 0.3) is 11.4 Å². The molecule has 0 spiro atoms. The van der Waals surface area contributed by atoms with E-state index in [0.717, 1.165) is 11.3 Å². The first-order valence-electron chi connectivity index (χ1n) is 8.21. The topological polar surface area (TPSA) is 133 Å². The number of thioether (sulfide) groups is 1. The highest BCUT2D eigenvalue weighted by Gasteiger charge is 2.21. The number of furan rings is 1. The Balaban J connectivity index is 1.68. The number of hydrogen-bond donors (Lipinski definition) is 2. The van der Waals surface area contributed by atoms with Crippen molar-refractivity contribution in [3.05, 3.63) is 42.4 Å². The molecule has 3 N–H and O–H groups in total. The number of aryl methyl sites for hydroxylation is 1. The molecule has 11 heteroatoms. The summed E-state index contributed by atoms with van der Waals surface area (Å²) in [5.41, 5.74) is 1.31. The lowest BCUT2D eigenvalue weighted by atomic mass is 10.2. The van der Waals surface area contributed by atoms with Crippen molar-refractivity contribution in [2.24, 2.45) is 12.2 Å². The van der Waals surface area contributed by atoms with Gasteiger partial charge in [-0.1, -0.05) is 11.8 Å². The third-order valence-electron chi connectivity index (χ3n) is 4.04. The normalized spacial score (nSPS) is 12.7. The van der Waals surface area contributed by atoms with Crippen molar-refractivity contribution < 1.29 is 17.6 Å². The van der Waals surface area contributed by atoms with Gasteiger partial charge in [-0.2, -0.15) is 0 Å². The molecule has 0 unspecified atom stereocenters. The van der Waals surface area contributed by atoms with Crippen molar-refractivity contribution in [1.29, 1.82) is 0 Å². The number of anilines is 1. The SMILES string of the molecule is Cc1occc1-c1nnc(S[C@@H](C)C(=O)Nc2ccc(S(N)(=O)=O)cc2)n1C. The summed E-state index contributed by atoms with van der Waals surface area (Å²) in [4.78, 5) is 12.4. The highest BCUT2D eigenvalue weighted by molar-refractivity contribution is 8.00. The number of hydrogen-bond acceptors (Lipinski definition) is 7. The van der Waals surface area contributed by atoms with Crippen molar-refractivity contribution in [2.75, 3.05) is 5.32 Å². The summed E-state index contributed by atoms with van der Waals surface area (Å²) in [7, 11) is -1.95. The first kappa shape index (κ1) is 20.1. The monoisotopic (exact) mass is 421 g/mol. The van der Waals surface area contributed by atoms with E-state index in [2.05, 4.69) is 15.5 Å². The smallest absolute Gasteiger partial charge is 0.238 e. The van der Waals surface area contributed by atoms with E-state index in [0.29, 0.717) is 16.7 Å². The Kier molecular flexibility index (Phi) is 5.59. The number of rotatable bonds is 6. The van der Waals surface area contributed by atoms with Crippen LogP contribution < -0.4 is 10.5 Å². The molecule has 2 heterocycles. The molecule has 148 valence electrons. The maximum absolute atomic E-state index is 12.5. The van der Waals surface area contributed by atoms with Gasteiger partial charge in [-0.05, 0) is 44.2 Å². The fourth-order valence-electron chi connectivity index (χ4n) is 2.45. The first-order valence-corrected chi connectivity index (χ1v) is 10.6. The second-order valence-electron chi connectivity index (χ2n) is 6.07. The van der Waals surface area contributed by atoms with Crippen LogP contribution in [0.4, 0.5) is 5.69 Å². The van der Waals surface area contributed by atoms with E-state index >= 15 is 0 Å². The zero-order valence-electron chi connectivity index (χ0n) is 15.4. The highest BCUT2D eigenvalue weighted by atomic mass is 32.2. The summed E-state index contributed by atoms with van der Waals surface area (Å²) in [5.74, 6) is 1.14. The van der Waals surface area contributed by atoms with E-state index in [1.165, 1.54) is 36.0 Å². The summed E-state index contributed by atoms with van der Waals surface area (Å²) in [5, 5.41) is 16.3. The Bertz CT molecular complexity index is 1100. The summed E-state index contributed by atoms with van der Waals surface area (Å²) in [6, 6.07) is 7.46. The molecule has 1 aromatic carbocycles. The molecule has 0 bridgehead atoms. The minimum atomic E-state index is -3.77. The zero-order chi connectivity index (χ0) is 20.5. The molecule has 0 aliphatic carbocycles. The summed E-state index contributed by atoms with van der Waals surface area (Å²) >= 11 is 1.26. The van der Waals surface area contributed by atoms with Crippen LogP contribution in [0.1, 0.15) is 12.7 Å². The lowest BCUT2D eigenvalue weighted by Crippen LogP contribution is -2.23. The van der Waals surface area contributed by atoms with Crippen LogP contribution in [0.3, 0.4) is 0 Å². The molecular weight excluding hydrogens is 402 g/mol. The Morgan fingerprint density at radius 1 is 1.25 bits per heavy atom. The van der Waals surface area contributed by atoms with Crippen molar-refractivity contribution >= 4 is 33.4 Å². The van der Waals surface area contributed by atoms with E-state index in [9.17, 15) is 13.2 Å². The van der Waals surface area contributed by atoms with Gasteiger partial charge >= 0.3 is 0 Å². The summed E-state index contributed by atoms with van der Waals surface area (Å²) in [6.07, 6.45) is 1.59. The molecular formula is C17H19N5O4S2. The fourth-order valence-corrected chi connectivity index (χ4v) is 3.78. The maximum atomic E-state index is 12.5. The molecule has 1 atom stereocenters. The van der Waals surface area contributed by atoms with Crippen LogP contribution in [0.5, 0.6) is 0 Å². The Morgan fingerprint density at radius 3 is 2.50 bits per heavy atom. The Labute approximate surface area is 166 Å². The number of benzene rings is 1. The molecule has 0 radical (unpaired) electrons. The van der Waals surface area contributed by atoms with Gasteiger partial charge in [0.15, 0.2) is 11.0 Å². The molecule has 1 amide bonds. The Hall–Kier alpha value is -2.63. The average molecular weight is 422 g/mol. The van der Waals surface area contributed by atoms with Gasteiger partial charge in [-0.3, -0.25) is 4.79 Å². The predicted molar refractivity (Wildman–Crippen MR) is 105 cm³/mol. The van der Waals surface area contributed by atoms with Gasteiger partial charge in [0, 0.05) is 12.7 Å². The van der Waals surface area contributed by atoms with E-state index in [-0.39, 0.29) is 10.8 Å². The molecule has 2 aromatic heterocycles. The number of aromatic nitrogens is 3. The standard InChI is InChI=1S/C17H19N5O4S2/c1-10-14(8-9-26-10)15-20-21-17(22(15)3)27-11(2)16(23)19-12-4-6-13(7-5-12)28(18,24)25/h4-9,11H,1-3H3,(H,19,23)(H2,18,24,25)/t11-/m0/s1. The molecule has 0 aliphatic rings. The quantitative estimate of drug-likeness (QED) is 0.583. The summed E-state index contributed by atoms with van der Waals surface area (Å²) < 4.78 is 29.7. The van der Waals surface area contributed by atoms with Crippen LogP contribution in [0.2, 0.25) is 0 Å². The van der Waals surface area contributed by atoms with Gasteiger partial charge in [0.05, 0.1) is 22.0 Å². The van der Waals surface area contributed by atoms with Crippen molar-refractivity contribution in [1.82, 2.24) is 14.8 Å². The van der Waals surface area contributed by atoms with Gasteiger partial charge in [0.25, 0.3) is 0 Å². The van der Waals surface area contributed by atoms with Gasteiger partial charge in [0.2, 0.25) is 15.9 Å². The number of carbonyl (C=O) groups excluding carboxylic acids is 1. The van der Waals surface area contributed by atoms with Gasteiger partial charge in [0.1, 0.15) is 5.76 Å². The predicted octanol–water partition coefficient (Wildman–Crippen LogP) is 2.15. The van der Waals surface area contributed by atoms with E-state index in [4.69, 9.17) is 9.56 Å². The number of primary sulfonamides is 1. The minimum absolute atomic E-state index is 0.0194. The van der Waals surface area contributed by atoms with Crippen molar-refractivity contribution in [3.8, 4) is 11.4 Å². The number of sulfonamides is 1. The number of nitrogens with one attached hydrogen (secondary N) is 1. The first-order chi connectivity index (χ1) is 13.2. The fraction of sp³-hybridized carbons (Fsp3) is 0.235. The molecule has 0 fully saturated rings. The maximum Gasteiger partial charge on any atom is 0.238 e. The van der Waals surface area contributed by atoms with E-state index in [1.807, 2.05) is 20.0 Å². The molecule has 3 rings (SSSR count). The second kappa shape index (κ2) is 7.78. The molecule has 3 aromatic rings. The van der Waals surface area contributed by atoms with Gasteiger partial charge < -0.3 is 14.3 Å². The third kappa shape index (κ3) is 4.26. The van der Waals surface area contributed by atoms with Gasteiger partial charge in [-0.25, -0.2) is 13.6 Å². The largest absolute Gasteiger partial charge is 0.469 e. The summed E-state index contributed by atoms with van der Waals surface area (Å²) in [6.45, 7) is 3.59. The number of nitrogens with zero attached hydrogens (tertiary/aromatic N) is 3. The van der Waals surface area contributed by atoms with Crippen molar-refractivity contribution in [3.63, 3.8) is 0 Å². The number of carbonyl (C=O) groups is 1. The molecule has 0 aliphatic heterocycles. The highest BCUT2D eigenvalue weighted by Crippen LogP contribution is 2.28. The molecule has 0 saturated carbocycles. The van der Waals surface area contributed by atoms with Crippen molar-refractivity contribution in [2.45, 2.75) is 29.1 Å². The van der Waals surface area contributed by atoms with Crippen LogP contribution in [-0.4, -0.2) is 34.3 Å². The van der Waals surface area contributed by atoms with Crippen LogP contribution in [-0.2, 0) is 21.9 Å². The number of amides is 1. The van der Waals surface area contributed by atoms with Crippen LogP contribution >= 0.6 is 11.8 Å². The Morgan fingerprint density at radius 2 is 1.93 bits per heavy atom. The lowest BCUT2D eigenvalue weighted by molar-refractivity contribution is -0.115. The molecule has 0 saturated heterocycles. The third-order valence-corrected chi connectivity index (χ3v) is 6.10. The zero-order valence-corrected chi connectivity index (χ0v) is 17.0.